The van der Waals surface area contributed by atoms with Gasteiger partial charge in [0.1, 0.15) is 22.1 Å². The average molecular weight is 721 g/mol. The third-order valence-corrected chi connectivity index (χ3v) is 10.2. The Morgan fingerprint density at radius 3 is 2.08 bits per heavy atom. The quantitative estimate of drug-likeness (QED) is 0.141. The predicted molar refractivity (Wildman–Crippen MR) is 179 cm³/mol. The zero-order valence-electron chi connectivity index (χ0n) is 27.2. The van der Waals surface area contributed by atoms with Gasteiger partial charge in [0, 0.05) is 31.2 Å². The van der Waals surface area contributed by atoms with E-state index in [0.717, 1.165) is 35.6 Å². The van der Waals surface area contributed by atoms with Gasteiger partial charge in [-0.1, -0.05) is 54.1 Å². The van der Waals surface area contributed by atoms with Crippen molar-refractivity contribution in [3.05, 3.63) is 93.3 Å². The number of ether oxygens (including phenoxy) is 1. The number of hydrogen-bond acceptors (Lipinski definition) is 5. The smallest absolute Gasteiger partial charge is 0.444 e. The Morgan fingerprint density at radius 2 is 1.49 bits per heavy atom. The van der Waals surface area contributed by atoms with Gasteiger partial charge >= 0.3 is 12.3 Å². The summed E-state index contributed by atoms with van der Waals surface area (Å²) < 4.78 is 73.6. The lowest BCUT2D eigenvalue weighted by Crippen LogP contribution is -2.47. The molecule has 13 heteroatoms. The molecule has 1 heterocycles. The summed E-state index contributed by atoms with van der Waals surface area (Å²) in [5, 5.41) is -0.334. The number of amides is 2. The fourth-order valence-electron chi connectivity index (χ4n) is 6.00. The molecule has 1 saturated carbocycles. The summed E-state index contributed by atoms with van der Waals surface area (Å²) in [7, 11) is 1.68. The van der Waals surface area contributed by atoms with E-state index in [1.54, 1.807) is 61.9 Å². The van der Waals surface area contributed by atoms with E-state index in [1.807, 2.05) is 0 Å². The van der Waals surface area contributed by atoms with Crippen molar-refractivity contribution >= 4 is 50.8 Å². The summed E-state index contributed by atoms with van der Waals surface area (Å²) in [4.78, 5) is 41.8. The van der Waals surface area contributed by atoms with Crippen LogP contribution in [-0.2, 0) is 11.3 Å². The van der Waals surface area contributed by atoms with Crippen LogP contribution >= 0.6 is 22.9 Å². The molecule has 0 atom stereocenters. The lowest BCUT2D eigenvalue weighted by molar-refractivity contribution is -0.0885. The van der Waals surface area contributed by atoms with Gasteiger partial charge in [-0.25, -0.2) is 13.6 Å². The summed E-state index contributed by atoms with van der Waals surface area (Å²) in [6.07, 6.45) is -3.27. The minimum Gasteiger partial charge on any atom is -0.444 e. The van der Waals surface area contributed by atoms with Crippen molar-refractivity contribution in [2.45, 2.75) is 76.9 Å². The minimum atomic E-state index is -4.99. The minimum absolute atomic E-state index is 0.00487. The van der Waals surface area contributed by atoms with Gasteiger partial charge in [-0.05, 0) is 81.3 Å². The number of carbonyl (C=O) groups excluding carboxylic acids is 3. The van der Waals surface area contributed by atoms with E-state index in [9.17, 15) is 36.3 Å². The van der Waals surface area contributed by atoms with Crippen LogP contribution in [0.15, 0.2) is 60.7 Å². The van der Waals surface area contributed by atoms with E-state index in [1.165, 1.54) is 12.1 Å². The van der Waals surface area contributed by atoms with Crippen molar-refractivity contribution in [2.75, 3.05) is 7.05 Å². The fraction of sp³-hybridized carbons (Fsp3) is 0.361. The first-order chi connectivity index (χ1) is 22.9. The van der Waals surface area contributed by atoms with E-state index in [-0.39, 0.29) is 38.6 Å². The van der Waals surface area contributed by atoms with E-state index >= 15 is 0 Å². The van der Waals surface area contributed by atoms with Gasteiger partial charge in [-0.15, -0.1) is 11.3 Å². The number of carbonyl (C=O) groups is 3. The van der Waals surface area contributed by atoms with Crippen LogP contribution in [0.2, 0.25) is 5.02 Å². The Labute approximate surface area is 289 Å². The number of fused-ring (bicyclic) bond motifs is 1. The summed E-state index contributed by atoms with van der Waals surface area (Å²) >= 11 is 7.32. The number of benzene rings is 3. The van der Waals surface area contributed by atoms with Gasteiger partial charge in [-0.2, -0.15) is 13.2 Å². The third-order valence-electron chi connectivity index (χ3n) is 8.49. The average Bonchev–Trinajstić information content (AvgIpc) is 3.41. The van der Waals surface area contributed by atoms with E-state index in [4.69, 9.17) is 16.3 Å². The molecule has 4 aromatic rings. The highest BCUT2D eigenvalue weighted by molar-refractivity contribution is 7.21. The molecule has 0 radical (unpaired) electrons. The second-order valence-electron chi connectivity index (χ2n) is 13.1. The molecule has 0 unspecified atom stereocenters. The van der Waals surface area contributed by atoms with Crippen molar-refractivity contribution in [1.29, 1.82) is 0 Å². The molecule has 0 bridgehead atoms. The van der Waals surface area contributed by atoms with E-state index < -0.39 is 46.8 Å². The molecule has 1 aliphatic carbocycles. The van der Waals surface area contributed by atoms with Crippen molar-refractivity contribution < 1.29 is 41.1 Å². The van der Waals surface area contributed by atoms with Crippen LogP contribution in [0.5, 0.6) is 0 Å². The molecule has 6 nitrogen and oxygen atoms in total. The molecule has 3 aromatic carbocycles. The van der Waals surface area contributed by atoms with Crippen LogP contribution in [0, 0.1) is 11.6 Å². The first kappa shape index (κ1) is 36.3. The summed E-state index contributed by atoms with van der Waals surface area (Å²) in [6.45, 7) is 5.45. The van der Waals surface area contributed by atoms with Crippen molar-refractivity contribution in [3.8, 4) is 11.1 Å². The number of rotatable bonds is 7. The third kappa shape index (κ3) is 8.07. The molecular formula is C36H34ClF5N2O4S. The van der Waals surface area contributed by atoms with Gasteiger partial charge in [-0.3, -0.25) is 9.59 Å². The Hall–Kier alpha value is -4.03. The normalized spacial score (nSPS) is 16.8. The Kier molecular flexibility index (Phi) is 10.4. The molecule has 0 spiro atoms. The molecule has 1 aromatic heterocycles. The van der Waals surface area contributed by atoms with Crippen molar-refractivity contribution in [2.24, 2.45) is 0 Å². The molecule has 5 rings (SSSR count). The van der Waals surface area contributed by atoms with Gasteiger partial charge in [0.15, 0.2) is 0 Å². The molecule has 260 valence electrons. The fourth-order valence-corrected chi connectivity index (χ4v) is 7.50. The van der Waals surface area contributed by atoms with Gasteiger partial charge in [0.05, 0.1) is 15.1 Å². The number of alkyl halides is 3. The van der Waals surface area contributed by atoms with Crippen LogP contribution in [0.25, 0.3) is 21.2 Å². The number of halogens is 6. The summed E-state index contributed by atoms with van der Waals surface area (Å²) in [5.74, 6) is -3.89. The van der Waals surface area contributed by atoms with Crippen LogP contribution in [0.4, 0.5) is 26.7 Å². The topological polar surface area (TPSA) is 66.9 Å². The van der Waals surface area contributed by atoms with Crippen LogP contribution in [-0.4, -0.2) is 58.5 Å². The zero-order valence-corrected chi connectivity index (χ0v) is 28.7. The highest BCUT2D eigenvalue weighted by atomic mass is 35.5. The number of hydrogen-bond donors (Lipinski definition) is 0. The Bertz CT molecular complexity index is 1880. The van der Waals surface area contributed by atoms with E-state index in [2.05, 4.69) is 0 Å². The Balaban J connectivity index is 1.44. The second kappa shape index (κ2) is 14.1. The molecule has 0 N–H and O–H groups in total. The maximum atomic E-state index is 14.7. The maximum Gasteiger partial charge on any atom is 0.454 e. The number of thiophene rings is 1. The standard InChI is InChI=1S/C36H34ClF5N2O4S/c1-35(2,3)48-34(47)43(4)24-12-14-25(15-13-24)44(33(46)31-29(37)28-26(38)16-17-27(39)30(28)49-31)19-20-6-5-7-23(18-20)21-8-10-22(11-9-21)32(45)36(40,41)42/h5-11,16-18,24-25H,12-15,19H2,1-4H3/t24-,25-. The number of ketones is 1. The zero-order chi connectivity index (χ0) is 35.8. The molecule has 2 amide bonds. The number of Topliss-reactive ketones (excluding diaryl/α,β-unsaturated/α-hetero) is 1. The lowest BCUT2D eigenvalue weighted by Gasteiger charge is -2.40. The molecule has 0 aliphatic heterocycles. The maximum absolute atomic E-state index is 14.7. The highest BCUT2D eigenvalue weighted by Gasteiger charge is 2.39. The lowest BCUT2D eigenvalue weighted by atomic mass is 9.89. The first-order valence-electron chi connectivity index (χ1n) is 15.6. The van der Waals surface area contributed by atoms with Crippen LogP contribution in [0.1, 0.15) is 72.0 Å². The second-order valence-corrected chi connectivity index (χ2v) is 14.5. The van der Waals surface area contributed by atoms with Crippen molar-refractivity contribution in [1.82, 2.24) is 9.80 Å². The van der Waals surface area contributed by atoms with Gasteiger partial charge in [0.25, 0.3) is 11.7 Å². The predicted octanol–water partition coefficient (Wildman–Crippen LogP) is 10.1. The Morgan fingerprint density at radius 1 is 0.878 bits per heavy atom. The van der Waals surface area contributed by atoms with Gasteiger partial charge < -0.3 is 14.5 Å². The molecule has 1 aliphatic rings. The van der Waals surface area contributed by atoms with E-state index in [0.29, 0.717) is 42.4 Å². The molecule has 49 heavy (non-hydrogen) atoms. The summed E-state index contributed by atoms with van der Waals surface area (Å²) in [6, 6.07) is 13.6. The SMILES string of the molecule is CN(C(=O)OC(C)(C)C)[C@H]1CC[C@H](N(Cc2cccc(-c3ccc(C(=O)C(F)(F)F)cc3)c2)C(=O)c2sc3c(F)ccc(F)c3c2Cl)CC1. The molecular weight excluding hydrogens is 687 g/mol. The van der Waals surface area contributed by atoms with Gasteiger partial charge in [0.2, 0.25) is 0 Å². The first-order valence-corrected chi connectivity index (χ1v) is 16.8. The van der Waals surface area contributed by atoms with Crippen LogP contribution < -0.4 is 0 Å². The largest absolute Gasteiger partial charge is 0.454 e. The molecule has 1 fully saturated rings. The summed E-state index contributed by atoms with van der Waals surface area (Å²) in [5.41, 5.74) is 0.741. The molecule has 0 saturated heterocycles. The van der Waals surface area contributed by atoms with Crippen molar-refractivity contribution in [3.63, 3.8) is 0 Å². The monoisotopic (exact) mass is 720 g/mol. The highest BCUT2D eigenvalue weighted by Crippen LogP contribution is 2.40. The van der Waals surface area contributed by atoms with Crippen LogP contribution in [0.3, 0.4) is 0 Å². The number of nitrogens with zero attached hydrogens (tertiary/aromatic N) is 2.